The Morgan fingerprint density at radius 1 is 1.09 bits per heavy atom. The van der Waals surface area contributed by atoms with Crippen molar-refractivity contribution in [1.29, 1.82) is 0 Å². The zero-order valence-electron chi connectivity index (χ0n) is 11.8. The molecule has 0 atom stereocenters. The van der Waals surface area contributed by atoms with Crippen LogP contribution < -0.4 is 5.73 Å². The molecule has 5 nitrogen and oxygen atoms in total. The molecule has 0 unspecified atom stereocenters. The molecule has 3 aromatic rings. The predicted molar refractivity (Wildman–Crippen MR) is 84.0 cm³/mol. The van der Waals surface area contributed by atoms with Crippen LogP contribution in [0.15, 0.2) is 60.7 Å². The number of carbonyl (C=O) groups excluding carboxylic acids is 1. The fraction of sp³-hybridized carbons (Fsp3) is 0.0588. The van der Waals surface area contributed by atoms with Gasteiger partial charge >= 0.3 is 5.97 Å². The van der Waals surface area contributed by atoms with Gasteiger partial charge in [-0.05, 0) is 23.3 Å². The molecular weight excluding hydrogens is 278 g/mol. The Bertz CT molecular complexity index is 764. The number of H-pyrrole nitrogens is 1. The number of esters is 1. The SMILES string of the molecule is Nc1cc(-c2ccc(C(=O)OCc3ccccc3)cc2)[nH]n1. The summed E-state index contributed by atoms with van der Waals surface area (Å²) in [6.45, 7) is 0.262. The molecule has 5 heteroatoms. The van der Waals surface area contributed by atoms with Crippen LogP contribution in [0.1, 0.15) is 15.9 Å². The molecule has 0 saturated heterocycles. The highest BCUT2D eigenvalue weighted by Crippen LogP contribution is 2.19. The van der Waals surface area contributed by atoms with Gasteiger partial charge in [0.05, 0.1) is 11.3 Å². The number of aromatic nitrogens is 2. The minimum absolute atomic E-state index is 0.262. The Hall–Kier alpha value is -3.08. The number of anilines is 1. The topological polar surface area (TPSA) is 81.0 Å². The van der Waals surface area contributed by atoms with Gasteiger partial charge in [-0.3, -0.25) is 5.10 Å². The fourth-order valence-electron chi connectivity index (χ4n) is 2.08. The van der Waals surface area contributed by atoms with E-state index in [1.165, 1.54) is 0 Å². The molecule has 3 rings (SSSR count). The molecule has 22 heavy (non-hydrogen) atoms. The van der Waals surface area contributed by atoms with Gasteiger partial charge < -0.3 is 10.5 Å². The lowest BCUT2D eigenvalue weighted by Gasteiger charge is -2.05. The lowest BCUT2D eigenvalue weighted by Crippen LogP contribution is -2.05. The fourth-order valence-corrected chi connectivity index (χ4v) is 2.08. The first-order valence-electron chi connectivity index (χ1n) is 6.85. The van der Waals surface area contributed by atoms with Crippen molar-refractivity contribution < 1.29 is 9.53 Å². The van der Waals surface area contributed by atoms with E-state index >= 15 is 0 Å². The van der Waals surface area contributed by atoms with Gasteiger partial charge in [0.25, 0.3) is 0 Å². The van der Waals surface area contributed by atoms with E-state index < -0.39 is 0 Å². The van der Waals surface area contributed by atoms with Gasteiger partial charge in [0.1, 0.15) is 12.4 Å². The third kappa shape index (κ3) is 3.15. The lowest BCUT2D eigenvalue weighted by molar-refractivity contribution is 0.0473. The highest BCUT2D eigenvalue weighted by molar-refractivity contribution is 5.90. The van der Waals surface area contributed by atoms with Crippen molar-refractivity contribution >= 4 is 11.8 Å². The van der Waals surface area contributed by atoms with Crippen molar-refractivity contribution in [3.05, 3.63) is 71.8 Å². The van der Waals surface area contributed by atoms with Crippen LogP contribution in [0.25, 0.3) is 11.3 Å². The zero-order chi connectivity index (χ0) is 15.4. The van der Waals surface area contributed by atoms with Crippen LogP contribution in [-0.2, 0) is 11.3 Å². The summed E-state index contributed by atoms with van der Waals surface area (Å²) in [4.78, 5) is 12.0. The molecule has 0 saturated carbocycles. The Labute approximate surface area is 127 Å². The summed E-state index contributed by atoms with van der Waals surface area (Å²) in [7, 11) is 0. The number of nitrogens with two attached hydrogens (primary N) is 1. The van der Waals surface area contributed by atoms with Gasteiger partial charge in [0.15, 0.2) is 0 Å². The van der Waals surface area contributed by atoms with E-state index in [0.717, 1.165) is 16.8 Å². The maximum atomic E-state index is 12.0. The Kier molecular flexibility index (Phi) is 3.87. The second-order valence-electron chi connectivity index (χ2n) is 4.85. The molecule has 0 fully saturated rings. The van der Waals surface area contributed by atoms with Crippen molar-refractivity contribution in [2.45, 2.75) is 6.61 Å². The van der Waals surface area contributed by atoms with Gasteiger partial charge in [-0.25, -0.2) is 4.79 Å². The van der Waals surface area contributed by atoms with Gasteiger partial charge in [-0.1, -0.05) is 42.5 Å². The van der Waals surface area contributed by atoms with E-state index in [9.17, 15) is 4.79 Å². The minimum Gasteiger partial charge on any atom is -0.457 e. The number of nitrogens with one attached hydrogen (secondary N) is 1. The predicted octanol–water partition coefficient (Wildman–Crippen LogP) is 3.02. The number of benzene rings is 2. The maximum absolute atomic E-state index is 12.0. The summed E-state index contributed by atoms with van der Waals surface area (Å²) in [5, 5.41) is 6.70. The highest BCUT2D eigenvalue weighted by atomic mass is 16.5. The quantitative estimate of drug-likeness (QED) is 0.724. The summed E-state index contributed by atoms with van der Waals surface area (Å²) in [6, 6.07) is 18.4. The van der Waals surface area contributed by atoms with Crippen LogP contribution in [0, 0.1) is 0 Å². The molecule has 2 aromatic carbocycles. The number of hydrogen-bond acceptors (Lipinski definition) is 4. The number of carbonyl (C=O) groups is 1. The molecule has 110 valence electrons. The van der Waals surface area contributed by atoms with Crippen molar-refractivity contribution in [3.63, 3.8) is 0 Å². The molecule has 0 aliphatic rings. The largest absolute Gasteiger partial charge is 0.457 e. The average Bonchev–Trinajstić information content (AvgIpc) is 3.00. The van der Waals surface area contributed by atoms with E-state index in [2.05, 4.69) is 10.2 Å². The third-order valence-electron chi connectivity index (χ3n) is 3.24. The summed E-state index contributed by atoms with van der Waals surface area (Å²) in [5.74, 6) is 0.0841. The van der Waals surface area contributed by atoms with Crippen molar-refractivity contribution in [2.24, 2.45) is 0 Å². The highest BCUT2D eigenvalue weighted by Gasteiger charge is 2.08. The number of hydrogen-bond donors (Lipinski definition) is 2. The van der Waals surface area contributed by atoms with Gasteiger partial charge in [-0.15, -0.1) is 0 Å². The van der Waals surface area contributed by atoms with E-state index in [1.54, 1.807) is 18.2 Å². The summed E-state index contributed by atoms with van der Waals surface area (Å²) in [6.07, 6.45) is 0. The van der Waals surface area contributed by atoms with Crippen molar-refractivity contribution in [1.82, 2.24) is 10.2 Å². The summed E-state index contributed by atoms with van der Waals surface area (Å²) < 4.78 is 5.28. The first kappa shape index (κ1) is 13.9. The molecule has 1 aromatic heterocycles. The summed E-state index contributed by atoms with van der Waals surface area (Å²) >= 11 is 0. The van der Waals surface area contributed by atoms with Gasteiger partial charge in [0.2, 0.25) is 0 Å². The molecule has 0 radical (unpaired) electrons. The Morgan fingerprint density at radius 2 is 1.82 bits per heavy atom. The second-order valence-corrected chi connectivity index (χ2v) is 4.85. The number of rotatable bonds is 4. The molecule has 0 amide bonds. The van der Waals surface area contributed by atoms with E-state index in [1.807, 2.05) is 42.5 Å². The molecule has 0 spiro atoms. The Balaban J connectivity index is 1.66. The molecule has 0 aliphatic heterocycles. The van der Waals surface area contributed by atoms with Crippen LogP contribution in [0.4, 0.5) is 5.82 Å². The second kappa shape index (κ2) is 6.13. The first-order chi connectivity index (χ1) is 10.7. The van der Waals surface area contributed by atoms with Gasteiger partial charge in [-0.2, -0.15) is 5.10 Å². The van der Waals surface area contributed by atoms with Crippen LogP contribution in [0.5, 0.6) is 0 Å². The van der Waals surface area contributed by atoms with Crippen LogP contribution in [-0.4, -0.2) is 16.2 Å². The number of aromatic amines is 1. The number of nitrogens with zero attached hydrogens (tertiary/aromatic N) is 1. The van der Waals surface area contributed by atoms with E-state index in [-0.39, 0.29) is 12.6 Å². The van der Waals surface area contributed by atoms with Crippen LogP contribution in [0.3, 0.4) is 0 Å². The normalized spacial score (nSPS) is 10.4. The molecule has 1 heterocycles. The molecular formula is C17H15N3O2. The van der Waals surface area contributed by atoms with E-state index in [0.29, 0.717) is 11.4 Å². The smallest absolute Gasteiger partial charge is 0.338 e. The zero-order valence-corrected chi connectivity index (χ0v) is 11.8. The Morgan fingerprint density at radius 3 is 2.45 bits per heavy atom. The molecule has 3 N–H and O–H groups in total. The standard InChI is InChI=1S/C17H15N3O2/c18-16-10-15(19-20-16)13-6-8-14(9-7-13)17(21)22-11-12-4-2-1-3-5-12/h1-10H,11H2,(H3,18,19,20). The number of nitrogen functional groups attached to an aromatic ring is 1. The first-order valence-corrected chi connectivity index (χ1v) is 6.85. The number of ether oxygens (including phenoxy) is 1. The minimum atomic E-state index is -0.348. The van der Waals surface area contributed by atoms with Crippen LogP contribution >= 0.6 is 0 Å². The average molecular weight is 293 g/mol. The van der Waals surface area contributed by atoms with Crippen LogP contribution in [0.2, 0.25) is 0 Å². The van der Waals surface area contributed by atoms with E-state index in [4.69, 9.17) is 10.5 Å². The van der Waals surface area contributed by atoms with Gasteiger partial charge in [0, 0.05) is 6.07 Å². The van der Waals surface area contributed by atoms with Crippen molar-refractivity contribution in [3.8, 4) is 11.3 Å². The monoisotopic (exact) mass is 293 g/mol. The maximum Gasteiger partial charge on any atom is 0.338 e. The lowest BCUT2D eigenvalue weighted by atomic mass is 10.1. The molecule has 0 aliphatic carbocycles. The summed E-state index contributed by atoms with van der Waals surface area (Å²) in [5.41, 5.74) is 8.75. The van der Waals surface area contributed by atoms with Crippen molar-refractivity contribution in [2.75, 3.05) is 5.73 Å². The molecule has 0 bridgehead atoms. The third-order valence-corrected chi connectivity index (χ3v) is 3.24.